The van der Waals surface area contributed by atoms with Crippen LogP contribution in [0.15, 0.2) is 30.9 Å². The highest BCUT2D eigenvalue weighted by Gasteiger charge is 2.26. The van der Waals surface area contributed by atoms with E-state index in [0.29, 0.717) is 29.3 Å². The summed E-state index contributed by atoms with van der Waals surface area (Å²) in [4.78, 5) is 13.4. The van der Waals surface area contributed by atoms with Crippen LogP contribution in [0.2, 0.25) is 5.02 Å². The predicted molar refractivity (Wildman–Crippen MR) is 93.8 cm³/mol. The first kappa shape index (κ1) is 17.8. The van der Waals surface area contributed by atoms with E-state index in [-0.39, 0.29) is 5.91 Å². The van der Waals surface area contributed by atoms with Crippen molar-refractivity contribution in [1.29, 1.82) is 0 Å². The molecule has 4 nitrogen and oxygen atoms in total. The molecule has 0 aliphatic carbocycles. The van der Waals surface area contributed by atoms with E-state index in [4.69, 9.17) is 16.3 Å². The molecule has 0 spiro atoms. The first-order chi connectivity index (χ1) is 11.0. The molecular weight excluding hydrogens is 312 g/mol. The van der Waals surface area contributed by atoms with Crippen LogP contribution < -0.4 is 10.1 Å². The second-order valence-electron chi connectivity index (χ2n) is 6.08. The number of carbonyl (C=O) groups excluding carboxylic acids is 1. The van der Waals surface area contributed by atoms with Crippen LogP contribution in [0.25, 0.3) is 0 Å². The van der Waals surface area contributed by atoms with Gasteiger partial charge in [0.05, 0.1) is 5.02 Å². The van der Waals surface area contributed by atoms with E-state index >= 15 is 0 Å². The first-order valence-corrected chi connectivity index (χ1v) is 8.40. The Morgan fingerprint density at radius 2 is 2.35 bits per heavy atom. The summed E-state index contributed by atoms with van der Waals surface area (Å²) < 4.78 is 5.48. The molecule has 1 amide bonds. The molecule has 1 fully saturated rings. The molecule has 1 aromatic rings. The number of halogens is 1. The second kappa shape index (κ2) is 8.37. The monoisotopic (exact) mass is 336 g/mol. The molecule has 1 aliphatic heterocycles. The molecular formula is C18H25ClN2O2. The number of nitrogens with zero attached hydrogens (tertiary/aromatic N) is 1. The summed E-state index contributed by atoms with van der Waals surface area (Å²) in [6.07, 6.45) is 2.68. The summed E-state index contributed by atoms with van der Waals surface area (Å²) in [6.45, 7) is 10.3. The van der Waals surface area contributed by atoms with Gasteiger partial charge in [0.15, 0.2) is 0 Å². The Morgan fingerprint density at radius 1 is 1.57 bits per heavy atom. The molecule has 0 aromatic heterocycles. The molecule has 0 radical (unpaired) electrons. The van der Waals surface area contributed by atoms with Crippen LogP contribution >= 0.6 is 11.6 Å². The predicted octanol–water partition coefficient (Wildman–Crippen LogP) is 3.25. The van der Waals surface area contributed by atoms with Crippen LogP contribution in [0.5, 0.6) is 5.75 Å². The Bertz CT molecular complexity index is 562. The molecule has 0 bridgehead atoms. The molecule has 1 saturated heterocycles. The highest BCUT2D eigenvalue weighted by molar-refractivity contribution is 6.32. The number of nitrogens with one attached hydrogen (secondary N) is 1. The third-order valence-corrected chi connectivity index (χ3v) is 4.57. The van der Waals surface area contributed by atoms with Gasteiger partial charge in [-0.05, 0) is 30.0 Å². The smallest absolute Gasteiger partial charge is 0.219 e. The summed E-state index contributed by atoms with van der Waals surface area (Å²) >= 11 is 6.24. The van der Waals surface area contributed by atoms with Gasteiger partial charge in [0.2, 0.25) is 5.91 Å². The third kappa shape index (κ3) is 4.98. The number of carbonyl (C=O) groups is 1. The van der Waals surface area contributed by atoms with E-state index in [2.05, 4.69) is 18.8 Å². The second-order valence-corrected chi connectivity index (χ2v) is 6.49. The minimum Gasteiger partial charge on any atom is -0.488 e. The van der Waals surface area contributed by atoms with Gasteiger partial charge in [-0.3, -0.25) is 4.79 Å². The number of amides is 1. The zero-order valence-corrected chi connectivity index (χ0v) is 14.6. The first-order valence-electron chi connectivity index (χ1n) is 8.02. The molecule has 1 aliphatic rings. The number of rotatable bonds is 6. The van der Waals surface area contributed by atoms with Gasteiger partial charge in [0.25, 0.3) is 0 Å². The fraction of sp³-hybridized carbons (Fsp3) is 0.500. The Hall–Kier alpha value is -1.52. The zero-order chi connectivity index (χ0) is 16.8. The van der Waals surface area contributed by atoms with E-state index in [1.807, 2.05) is 23.1 Å². The molecule has 23 heavy (non-hydrogen) atoms. The van der Waals surface area contributed by atoms with Gasteiger partial charge < -0.3 is 15.0 Å². The maximum atomic E-state index is 11.4. The number of likely N-dealkylation sites (tertiary alicyclic amines) is 1. The Kier molecular flexibility index (Phi) is 6.48. The van der Waals surface area contributed by atoms with Crippen LogP contribution in [0.4, 0.5) is 0 Å². The summed E-state index contributed by atoms with van der Waals surface area (Å²) in [5.41, 5.74) is 1.13. The summed E-state index contributed by atoms with van der Waals surface area (Å²) in [5.74, 6) is 1.29. The van der Waals surface area contributed by atoms with Crippen molar-refractivity contribution in [2.45, 2.75) is 32.9 Å². The van der Waals surface area contributed by atoms with Crippen molar-refractivity contribution in [3.05, 3.63) is 41.4 Å². The van der Waals surface area contributed by atoms with Gasteiger partial charge in [-0.2, -0.15) is 0 Å². The summed E-state index contributed by atoms with van der Waals surface area (Å²) in [7, 11) is 0. The highest BCUT2D eigenvalue weighted by atomic mass is 35.5. The lowest BCUT2D eigenvalue weighted by Crippen LogP contribution is -2.49. The minimum absolute atomic E-state index is 0.164. The molecule has 1 aromatic carbocycles. The van der Waals surface area contributed by atoms with E-state index in [1.54, 1.807) is 13.0 Å². The van der Waals surface area contributed by atoms with E-state index in [1.165, 1.54) is 0 Å². The molecule has 2 rings (SSSR count). The minimum atomic E-state index is 0.164. The molecule has 0 saturated carbocycles. The van der Waals surface area contributed by atoms with E-state index < -0.39 is 0 Å². The number of piperidine rings is 1. The average Bonchev–Trinajstić information content (AvgIpc) is 2.52. The third-order valence-electron chi connectivity index (χ3n) is 4.27. The lowest BCUT2D eigenvalue weighted by molar-refractivity contribution is -0.130. The van der Waals surface area contributed by atoms with Crippen LogP contribution in [0.3, 0.4) is 0 Å². The topological polar surface area (TPSA) is 41.6 Å². The van der Waals surface area contributed by atoms with Crippen LogP contribution in [0, 0.1) is 5.92 Å². The molecule has 0 unspecified atom stereocenters. The van der Waals surface area contributed by atoms with Gasteiger partial charge >= 0.3 is 0 Å². The molecule has 5 heteroatoms. The van der Waals surface area contributed by atoms with Crippen molar-refractivity contribution in [2.24, 2.45) is 5.92 Å². The zero-order valence-electron chi connectivity index (χ0n) is 13.8. The molecule has 2 atom stereocenters. The van der Waals surface area contributed by atoms with E-state index in [9.17, 15) is 4.79 Å². The van der Waals surface area contributed by atoms with Crippen molar-refractivity contribution in [3.63, 3.8) is 0 Å². The molecule has 1 heterocycles. The van der Waals surface area contributed by atoms with Crippen molar-refractivity contribution in [2.75, 3.05) is 19.7 Å². The molecule has 1 N–H and O–H groups in total. The van der Waals surface area contributed by atoms with Gasteiger partial charge in [0.1, 0.15) is 12.4 Å². The number of benzene rings is 1. The van der Waals surface area contributed by atoms with Crippen LogP contribution in [-0.2, 0) is 11.3 Å². The standard InChI is InChI=1S/C18H25ClN2O2/c1-4-9-23-18-6-5-15(10-16(18)19)11-20-17-7-8-21(14(3)22)12-13(17)2/h4-6,10,13,17,20H,1,7-9,11-12H2,2-3H3/t13-,17-/m1/s1. The average molecular weight is 337 g/mol. The Labute approximate surface area is 143 Å². The van der Waals surface area contributed by atoms with Crippen LogP contribution in [-0.4, -0.2) is 36.5 Å². The van der Waals surface area contributed by atoms with Gasteiger partial charge in [0, 0.05) is 32.6 Å². The summed E-state index contributed by atoms with van der Waals surface area (Å²) in [6, 6.07) is 6.26. The van der Waals surface area contributed by atoms with Crippen molar-refractivity contribution < 1.29 is 9.53 Å². The Balaban J connectivity index is 1.87. The summed E-state index contributed by atoms with van der Waals surface area (Å²) in [5, 5.41) is 4.20. The number of hydrogen-bond donors (Lipinski definition) is 1. The SMILES string of the molecule is C=CCOc1ccc(CN[C@@H]2CCN(C(C)=O)C[C@H]2C)cc1Cl. The largest absolute Gasteiger partial charge is 0.488 e. The lowest BCUT2D eigenvalue weighted by Gasteiger charge is -2.37. The van der Waals surface area contributed by atoms with Gasteiger partial charge in [-0.1, -0.05) is 37.2 Å². The normalized spacial score (nSPS) is 21.1. The maximum absolute atomic E-state index is 11.4. The van der Waals surface area contributed by atoms with Crippen molar-refractivity contribution >= 4 is 17.5 Å². The van der Waals surface area contributed by atoms with Gasteiger partial charge in [-0.15, -0.1) is 0 Å². The molecule has 126 valence electrons. The van der Waals surface area contributed by atoms with Crippen molar-refractivity contribution in [3.8, 4) is 5.75 Å². The van der Waals surface area contributed by atoms with Crippen LogP contribution in [0.1, 0.15) is 25.8 Å². The van der Waals surface area contributed by atoms with Gasteiger partial charge in [-0.25, -0.2) is 0 Å². The fourth-order valence-corrected chi connectivity index (χ4v) is 3.16. The quantitative estimate of drug-likeness (QED) is 0.811. The highest BCUT2D eigenvalue weighted by Crippen LogP contribution is 2.26. The number of hydrogen-bond acceptors (Lipinski definition) is 3. The fourth-order valence-electron chi connectivity index (χ4n) is 2.90. The van der Waals surface area contributed by atoms with Crippen molar-refractivity contribution in [1.82, 2.24) is 10.2 Å². The Morgan fingerprint density at radius 3 is 2.96 bits per heavy atom. The maximum Gasteiger partial charge on any atom is 0.219 e. The number of ether oxygens (including phenoxy) is 1. The van der Waals surface area contributed by atoms with E-state index in [0.717, 1.165) is 31.6 Å². The lowest BCUT2D eigenvalue weighted by atomic mass is 9.93.